The fourth-order valence-corrected chi connectivity index (χ4v) is 1.83. The van der Waals surface area contributed by atoms with Crippen LogP contribution in [0.15, 0.2) is 5.11 Å². The van der Waals surface area contributed by atoms with Crippen molar-refractivity contribution in [3.05, 3.63) is 10.4 Å². The van der Waals surface area contributed by atoms with Crippen LogP contribution in [0.25, 0.3) is 10.4 Å². The Labute approximate surface area is 86.6 Å². The van der Waals surface area contributed by atoms with E-state index in [9.17, 15) is 5.11 Å². The molecule has 0 amide bonds. The molecular formula is C8H13N3O4. The van der Waals surface area contributed by atoms with Crippen LogP contribution >= 0.6 is 0 Å². The van der Waals surface area contributed by atoms with E-state index in [1.807, 2.05) is 0 Å². The number of nitrogens with zero attached hydrogens (tertiary/aromatic N) is 3. The number of azide groups is 1. The van der Waals surface area contributed by atoms with Gasteiger partial charge < -0.3 is 19.3 Å². The summed E-state index contributed by atoms with van der Waals surface area (Å²) in [4.78, 5) is 2.61. The van der Waals surface area contributed by atoms with Gasteiger partial charge in [0.1, 0.15) is 12.2 Å². The smallest absolute Gasteiger partial charge is 0.190 e. The van der Waals surface area contributed by atoms with E-state index in [0.29, 0.717) is 0 Å². The lowest BCUT2D eigenvalue weighted by Crippen LogP contribution is -2.35. The van der Waals surface area contributed by atoms with Gasteiger partial charge in [-0.15, -0.1) is 0 Å². The number of rotatable bonds is 2. The lowest BCUT2D eigenvalue weighted by atomic mass is 10.1. The topological polar surface area (TPSA) is 96.7 Å². The van der Waals surface area contributed by atoms with Gasteiger partial charge in [-0.2, -0.15) is 0 Å². The molecule has 0 saturated carbocycles. The molecule has 1 N–H and O–H groups in total. The van der Waals surface area contributed by atoms with E-state index >= 15 is 0 Å². The molecule has 15 heavy (non-hydrogen) atoms. The normalized spacial score (nSPS) is 42.3. The molecule has 0 aromatic heterocycles. The van der Waals surface area contributed by atoms with Crippen molar-refractivity contribution in [1.82, 2.24) is 0 Å². The number of hydrogen-bond acceptors (Lipinski definition) is 5. The molecule has 7 nitrogen and oxygen atoms in total. The summed E-state index contributed by atoms with van der Waals surface area (Å²) in [5.74, 6) is -0.736. The Balaban J connectivity index is 2.01. The standard InChI is InChI=1S/C8H13N3O4/c1-8(2)14-6-5(12)4(3-10-11-9)13-7(6)15-8/h4-7,12H,3H2,1-2H3. The number of fused-ring (bicyclic) bond motifs is 1. The summed E-state index contributed by atoms with van der Waals surface area (Å²) in [5, 5.41) is 13.2. The Bertz CT molecular complexity index is 302. The quantitative estimate of drug-likeness (QED) is 0.413. The third kappa shape index (κ3) is 1.92. The molecule has 7 heteroatoms. The second-order valence-corrected chi connectivity index (χ2v) is 4.05. The van der Waals surface area contributed by atoms with Gasteiger partial charge in [0.05, 0.1) is 12.6 Å². The minimum absolute atomic E-state index is 0.0812. The monoisotopic (exact) mass is 215 g/mol. The maximum atomic E-state index is 9.80. The third-order valence-electron chi connectivity index (χ3n) is 2.44. The van der Waals surface area contributed by atoms with Crippen LogP contribution in [0.4, 0.5) is 0 Å². The van der Waals surface area contributed by atoms with Crippen LogP contribution in [0.2, 0.25) is 0 Å². The zero-order chi connectivity index (χ0) is 11.1. The van der Waals surface area contributed by atoms with E-state index < -0.39 is 30.4 Å². The molecule has 0 aliphatic carbocycles. The Kier molecular flexibility index (Phi) is 2.57. The fraction of sp³-hybridized carbons (Fsp3) is 1.00. The predicted molar refractivity (Wildman–Crippen MR) is 48.7 cm³/mol. The minimum Gasteiger partial charge on any atom is -0.387 e. The second-order valence-electron chi connectivity index (χ2n) is 4.05. The molecule has 0 aromatic carbocycles. The molecule has 2 heterocycles. The summed E-state index contributed by atoms with van der Waals surface area (Å²) < 4.78 is 16.3. The van der Waals surface area contributed by atoms with Crippen molar-refractivity contribution in [3.8, 4) is 0 Å². The van der Waals surface area contributed by atoms with Gasteiger partial charge in [-0.25, -0.2) is 0 Å². The summed E-state index contributed by atoms with van der Waals surface area (Å²) in [6, 6.07) is 0. The maximum Gasteiger partial charge on any atom is 0.190 e. The van der Waals surface area contributed by atoms with E-state index in [-0.39, 0.29) is 6.54 Å². The molecule has 0 aromatic rings. The average Bonchev–Trinajstić information content (AvgIpc) is 2.58. The van der Waals surface area contributed by atoms with Crippen molar-refractivity contribution >= 4 is 0 Å². The fourth-order valence-electron chi connectivity index (χ4n) is 1.83. The van der Waals surface area contributed by atoms with Gasteiger partial charge in [-0.1, -0.05) is 5.11 Å². The highest BCUT2D eigenvalue weighted by Gasteiger charge is 2.53. The average molecular weight is 215 g/mol. The third-order valence-corrected chi connectivity index (χ3v) is 2.44. The molecule has 0 bridgehead atoms. The molecule has 2 aliphatic rings. The highest BCUT2D eigenvalue weighted by molar-refractivity contribution is 4.93. The van der Waals surface area contributed by atoms with E-state index in [0.717, 1.165) is 0 Å². The number of aliphatic hydroxyl groups excluding tert-OH is 1. The Hall–Kier alpha value is -0.850. The lowest BCUT2D eigenvalue weighted by Gasteiger charge is -2.21. The van der Waals surface area contributed by atoms with Crippen LogP contribution in [-0.2, 0) is 14.2 Å². The van der Waals surface area contributed by atoms with Gasteiger partial charge in [0.2, 0.25) is 0 Å². The predicted octanol–water partition coefficient (Wildman–Crippen LogP) is 0.534. The van der Waals surface area contributed by atoms with Crippen LogP contribution < -0.4 is 0 Å². The molecule has 2 fully saturated rings. The molecule has 0 spiro atoms. The Morgan fingerprint density at radius 2 is 2.20 bits per heavy atom. The van der Waals surface area contributed by atoms with Crippen molar-refractivity contribution in [2.45, 2.75) is 44.2 Å². The first-order valence-corrected chi connectivity index (χ1v) is 4.73. The zero-order valence-electron chi connectivity index (χ0n) is 8.53. The largest absolute Gasteiger partial charge is 0.387 e. The van der Waals surface area contributed by atoms with Crippen LogP contribution in [0.3, 0.4) is 0 Å². The van der Waals surface area contributed by atoms with E-state index in [1.54, 1.807) is 13.8 Å². The van der Waals surface area contributed by atoms with Gasteiger partial charge in [0, 0.05) is 4.91 Å². The molecule has 4 atom stereocenters. The molecule has 2 aliphatic heterocycles. The molecule has 84 valence electrons. The van der Waals surface area contributed by atoms with E-state index in [1.165, 1.54) is 0 Å². The van der Waals surface area contributed by atoms with Gasteiger partial charge in [-0.3, -0.25) is 0 Å². The zero-order valence-corrected chi connectivity index (χ0v) is 8.53. The van der Waals surface area contributed by atoms with Gasteiger partial charge >= 0.3 is 0 Å². The first-order chi connectivity index (χ1) is 7.03. The van der Waals surface area contributed by atoms with E-state index in [4.69, 9.17) is 19.7 Å². The SMILES string of the molecule is CC1(C)OC2OC(CN=[N+]=[N-])C(O)C2O1. The highest BCUT2D eigenvalue weighted by Crippen LogP contribution is 2.37. The van der Waals surface area contributed by atoms with Crippen LogP contribution in [-0.4, -0.2) is 42.0 Å². The van der Waals surface area contributed by atoms with Gasteiger partial charge in [0.25, 0.3) is 0 Å². The first-order valence-electron chi connectivity index (χ1n) is 4.73. The first kappa shape index (κ1) is 10.7. The summed E-state index contributed by atoms with van der Waals surface area (Å²) in [6.07, 6.45) is -2.44. The Morgan fingerprint density at radius 1 is 1.47 bits per heavy atom. The van der Waals surface area contributed by atoms with Crippen molar-refractivity contribution in [1.29, 1.82) is 0 Å². The highest BCUT2D eigenvalue weighted by atomic mass is 16.8. The van der Waals surface area contributed by atoms with Crippen LogP contribution in [0.1, 0.15) is 13.8 Å². The summed E-state index contributed by atoms with van der Waals surface area (Å²) in [7, 11) is 0. The molecular weight excluding hydrogens is 202 g/mol. The van der Waals surface area contributed by atoms with Crippen LogP contribution in [0, 0.1) is 0 Å². The van der Waals surface area contributed by atoms with Crippen molar-refractivity contribution in [2.75, 3.05) is 6.54 Å². The number of hydrogen-bond donors (Lipinski definition) is 1. The van der Waals surface area contributed by atoms with Crippen molar-refractivity contribution < 1.29 is 19.3 Å². The number of aliphatic hydroxyl groups is 1. The van der Waals surface area contributed by atoms with Crippen molar-refractivity contribution in [3.63, 3.8) is 0 Å². The minimum atomic E-state index is -0.817. The second kappa shape index (κ2) is 3.62. The van der Waals surface area contributed by atoms with Gasteiger partial charge in [-0.05, 0) is 19.4 Å². The summed E-state index contributed by atoms with van der Waals surface area (Å²) >= 11 is 0. The molecule has 2 rings (SSSR count). The van der Waals surface area contributed by atoms with Gasteiger partial charge in [0.15, 0.2) is 12.1 Å². The van der Waals surface area contributed by atoms with Crippen molar-refractivity contribution in [2.24, 2.45) is 5.11 Å². The Morgan fingerprint density at radius 3 is 2.80 bits per heavy atom. The number of ether oxygens (including phenoxy) is 3. The molecule has 0 radical (unpaired) electrons. The lowest BCUT2D eigenvalue weighted by molar-refractivity contribution is -0.213. The summed E-state index contributed by atoms with van der Waals surface area (Å²) in [6.45, 7) is 3.59. The summed E-state index contributed by atoms with van der Waals surface area (Å²) in [5.41, 5.74) is 8.16. The molecule has 2 saturated heterocycles. The van der Waals surface area contributed by atoms with Crippen LogP contribution in [0.5, 0.6) is 0 Å². The maximum absolute atomic E-state index is 9.80. The molecule has 4 unspecified atom stereocenters. The van der Waals surface area contributed by atoms with E-state index in [2.05, 4.69) is 10.0 Å².